The van der Waals surface area contributed by atoms with Crippen LogP contribution >= 0.6 is 0 Å². The molecule has 4 fully saturated rings. The molecule has 0 amide bonds. The molecule has 6 nitrogen and oxygen atoms in total. The Labute approximate surface area is 187 Å². The Morgan fingerprint density at radius 2 is 1.94 bits per heavy atom. The average Bonchev–Trinajstić information content (AvgIpc) is 3.25. The summed E-state index contributed by atoms with van der Waals surface area (Å²) in [6, 6.07) is 12.1. The smallest absolute Gasteiger partial charge is 0.192 e. The summed E-state index contributed by atoms with van der Waals surface area (Å²) in [5.74, 6) is 1.48. The number of ether oxygens (including phenoxy) is 1. The largest absolute Gasteiger partial charge is 0.390 e. The second-order valence-corrected chi connectivity index (χ2v) is 10.1. The van der Waals surface area contributed by atoms with Crippen molar-refractivity contribution in [1.29, 1.82) is 0 Å². The van der Waals surface area contributed by atoms with Crippen LogP contribution in [0.2, 0.25) is 0 Å². The van der Waals surface area contributed by atoms with Crippen LogP contribution < -0.4 is 5.32 Å². The van der Waals surface area contributed by atoms with Gasteiger partial charge in [-0.15, -0.1) is 0 Å². The van der Waals surface area contributed by atoms with Crippen molar-refractivity contribution >= 4 is 22.5 Å². The molecule has 4 aliphatic carbocycles. The van der Waals surface area contributed by atoms with Gasteiger partial charge in [0.05, 0.1) is 23.5 Å². The minimum absolute atomic E-state index is 0.0144. The predicted molar refractivity (Wildman–Crippen MR) is 122 cm³/mol. The molecule has 4 bridgehead atoms. The molecule has 3 N–H and O–H groups in total. The van der Waals surface area contributed by atoms with E-state index in [1.807, 2.05) is 42.6 Å². The highest BCUT2D eigenvalue weighted by Crippen LogP contribution is 2.56. The molecule has 3 aromatic rings. The van der Waals surface area contributed by atoms with E-state index >= 15 is 0 Å². The number of carbonyl (C=O) groups is 1. The van der Waals surface area contributed by atoms with E-state index in [0.29, 0.717) is 29.9 Å². The van der Waals surface area contributed by atoms with Crippen molar-refractivity contribution < 1.29 is 14.6 Å². The number of carbonyl (C=O) groups excluding carboxylic acids is 1. The lowest BCUT2D eigenvalue weighted by atomic mass is 9.52. The van der Waals surface area contributed by atoms with Crippen molar-refractivity contribution in [1.82, 2.24) is 9.97 Å². The monoisotopic (exact) mass is 431 g/mol. The van der Waals surface area contributed by atoms with Crippen LogP contribution in [0.1, 0.15) is 48.0 Å². The van der Waals surface area contributed by atoms with Crippen LogP contribution in [-0.2, 0) is 11.3 Å². The SMILES string of the molecule is O=C(COCc1ccccc1)c1cnc2[nH]ccc2c1N[C@H]1C2CC3CC1C[C@@](O)(C3)C2. The van der Waals surface area contributed by atoms with E-state index in [9.17, 15) is 9.90 Å². The van der Waals surface area contributed by atoms with E-state index in [0.717, 1.165) is 41.5 Å². The highest BCUT2D eigenvalue weighted by Gasteiger charge is 2.54. The van der Waals surface area contributed by atoms with E-state index in [1.165, 1.54) is 12.8 Å². The quantitative estimate of drug-likeness (QED) is 0.485. The summed E-state index contributed by atoms with van der Waals surface area (Å²) >= 11 is 0. The van der Waals surface area contributed by atoms with Gasteiger partial charge in [0, 0.05) is 23.8 Å². The molecule has 1 aromatic carbocycles. The number of nitrogens with one attached hydrogen (secondary N) is 2. The van der Waals surface area contributed by atoms with Crippen molar-refractivity contribution in [3.63, 3.8) is 0 Å². The summed E-state index contributed by atoms with van der Waals surface area (Å²) in [5.41, 5.74) is 2.79. The van der Waals surface area contributed by atoms with Gasteiger partial charge in [0.15, 0.2) is 5.78 Å². The van der Waals surface area contributed by atoms with Crippen molar-refractivity contribution in [2.24, 2.45) is 17.8 Å². The van der Waals surface area contributed by atoms with Gasteiger partial charge in [0.25, 0.3) is 0 Å². The molecule has 0 aliphatic heterocycles. The number of hydrogen-bond acceptors (Lipinski definition) is 5. The van der Waals surface area contributed by atoms with Crippen molar-refractivity contribution in [3.05, 3.63) is 59.9 Å². The molecule has 0 radical (unpaired) electrons. The molecule has 2 atom stereocenters. The number of hydrogen-bond donors (Lipinski definition) is 3. The number of aromatic nitrogens is 2. The van der Waals surface area contributed by atoms with Crippen LogP contribution in [0.25, 0.3) is 11.0 Å². The van der Waals surface area contributed by atoms with Crippen molar-refractivity contribution in [3.8, 4) is 0 Å². The number of fused-ring (bicyclic) bond motifs is 1. The zero-order valence-corrected chi connectivity index (χ0v) is 18.1. The summed E-state index contributed by atoms with van der Waals surface area (Å²) in [5, 5.41) is 15.7. The van der Waals surface area contributed by atoms with Gasteiger partial charge in [-0.05, 0) is 61.5 Å². The first-order chi connectivity index (χ1) is 15.6. The number of Topliss-reactive ketones (excluding diaryl/α,β-unsaturated/α-hetero) is 1. The van der Waals surface area contributed by atoms with Gasteiger partial charge in [0.1, 0.15) is 12.3 Å². The third-order valence-corrected chi connectivity index (χ3v) is 7.78. The summed E-state index contributed by atoms with van der Waals surface area (Å²) in [4.78, 5) is 20.8. The minimum Gasteiger partial charge on any atom is -0.390 e. The summed E-state index contributed by atoms with van der Waals surface area (Å²) in [7, 11) is 0. The number of pyridine rings is 1. The third-order valence-electron chi connectivity index (χ3n) is 7.78. The number of aromatic amines is 1. The minimum atomic E-state index is -0.472. The number of ketones is 1. The number of anilines is 1. The summed E-state index contributed by atoms with van der Waals surface area (Å²) in [6.45, 7) is 0.419. The number of nitrogens with zero attached hydrogens (tertiary/aromatic N) is 1. The number of rotatable bonds is 7. The zero-order chi connectivity index (χ0) is 21.7. The molecular weight excluding hydrogens is 402 g/mol. The Hall–Kier alpha value is -2.70. The van der Waals surface area contributed by atoms with Gasteiger partial charge in [0.2, 0.25) is 0 Å². The standard InChI is InChI=1S/C26H29N3O3/c30-22(15-32-14-16-4-2-1-3-5-16)21-13-28-25-20(6-7-27-25)24(21)29-23-18-8-17-9-19(23)12-26(31,10-17)11-18/h1-7,13,17-19,23,31H,8-12,14-15H2,(H2,27,28,29)/t17?,18?,19?,23-,26+. The maximum Gasteiger partial charge on any atom is 0.192 e. The van der Waals surface area contributed by atoms with Gasteiger partial charge < -0.3 is 20.1 Å². The Bertz CT molecular complexity index is 1130. The van der Waals surface area contributed by atoms with E-state index in [-0.39, 0.29) is 18.4 Å². The Kier molecular flexibility index (Phi) is 4.81. The average molecular weight is 432 g/mol. The van der Waals surface area contributed by atoms with E-state index in [2.05, 4.69) is 15.3 Å². The third kappa shape index (κ3) is 3.51. The molecule has 0 spiro atoms. The van der Waals surface area contributed by atoms with Crippen molar-refractivity contribution in [2.75, 3.05) is 11.9 Å². The molecule has 2 unspecified atom stereocenters. The van der Waals surface area contributed by atoms with Gasteiger partial charge in [-0.2, -0.15) is 0 Å². The van der Waals surface area contributed by atoms with E-state index in [4.69, 9.17) is 4.74 Å². The Balaban J connectivity index is 1.24. The molecule has 6 heteroatoms. The lowest BCUT2D eigenvalue weighted by molar-refractivity contribution is -0.129. The molecule has 32 heavy (non-hydrogen) atoms. The first kappa shape index (κ1) is 19.9. The molecule has 4 saturated carbocycles. The highest BCUT2D eigenvalue weighted by molar-refractivity contribution is 6.08. The van der Waals surface area contributed by atoms with Crippen LogP contribution in [0, 0.1) is 17.8 Å². The Morgan fingerprint density at radius 1 is 1.16 bits per heavy atom. The van der Waals surface area contributed by atoms with Crippen molar-refractivity contribution in [2.45, 2.75) is 50.4 Å². The van der Waals surface area contributed by atoms with Crippen LogP contribution in [-0.4, -0.2) is 39.1 Å². The van der Waals surface area contributed by atoms with Gasteiger partial charge in [-0.1, -0.05) is 30.3 Å². The molecular formula is C26H29N3O3. The number of benzene rings is 1. The number of H-pyrrole nitrogens is 1. The molecule has 166 valence electrons. The Morgan fingerprint density at radius 3 is 2.69 bits per heavy atom. The van der Waals surface area contributed by atoms with E-state index in [1.54, 1.807) is 6.20 Å². The fourth-order valence-corrected chi connectivity index (χ4v) is 6.67. The van der Waals surface area contributed by atoms with Gasteiger partial charge in [-0.3, -0.25) is 4.79 Å². The molecule has 4 aliphatic rings. The molecule has 2 heterocycles. The van der Waals surface area contributed by atoms with Gasteiger partial charge in [-0.25, -0.2) is 4.98 Å². The van der Waals surface area contributed by atoms with Crippen LogP contribution in [0.15, 0.2) is 48.8 Å². The summed E-state index contributed by atoms with van der Waals surface area (Å²) < 4.78 is 5.74. The maximum absolute atomic E-state index is 13.2. The first-order valence-electron chi connectivity index (χ1n) is 11.7. The lowest BCUT2D eigenvalue weighted by Gasteiger charge is -2.58. The second-order valence-electron chi connectivity index (χ2n) is 10.1. The van der Waals surface area contributed by atoms with Gasteiger partial charge >= 0.3 is 0 Å². The van der Waals surface area contributed by atoms with Crippen LogP contribution in [0.4, 0.5) is 5.69 Å². The van der Waals surface area contributed by atoms with Crippen LogP contribution in [0.3, 0.4) is 0 Å². The second kappa shape index (κ2) is 7.71. The fraction of sp³-hybridized carbons (Fsp3) is 0.462. The highest BCUT2D eigenvalue weighted by atomic mass is 16.5. The zero-order valence-electron chi connectivity index (χ0n) is 18.1. The topological polar surface area (TPSA) is 87.2 Å². The predicted octanol–water partition coefficient (Wildman–Crippen LogP) is 4.31. The molecule has 2 aromatic heterocycles. The lowest BCUT2D eigenvalue weighted by Crippen LogP contribution is -2.59. The summed E-state index contributed by atoms with van der Waals surface area (Å²) in [6.07, 6.45) is 8.56. The first-order valence-corrected chi connectivity index (χ1v) is 11.7. The molecule has 0 saturated heterocycles. The van der Waals surface area contributed by atoms with E-state index < -0.39 is 5.60 Å². The molecule has 7 rings (SSSR count). The van der Waals surface area contributed by atoms with Crippen LogP contribution in [0.5, 0.6) is 0 Å². The normalized spacial score (nSPS) is 30.7. The maximum atomic E-state index is 13.2. The fourth-order valence-electron chi connectivity index (χ4n) is 6.67. The number of aliphatic hydroxyl groups is 1.